The van der Waals surface area contributed by atoms with Gasteiger partial charge in [0.15, 0.2) is 0 Å². The van der Waals surface area contributed by atoms with Crippen LogP contribution in [0, 0.1) is 0 Å². The van der Waals surface area contributed by atoms with Gasteiger partial charge in [0.25, 0.3) is 5.91 Å². The molecule has 0 aliphatic carbocycles. The maximum Gasteiger partial charge on any atom is 0.315 e. The molecule has 9 nitrogen and oxygen atoms in total. The Morgan fingerprint density at radius 2 is 1.96 bits per heavy atom. The number of nitrogens with one attached hydrogen (secondary N) is 3. The number of carboxylic acid groups (broad SMARTS) is 1. The van der Waals surface area contributed by atoms with Crippen molar-refractivity contribution in [1.29, 1.82) is 0 Å². The second-order valence-corrected chi connectivity index (χ2v) is 7.17. The van der Waals surface area contributed by atoms with Crippen molar-refractivity contribution in [2.75, 3.05) is 5.75 Å². The van der Waals surface area contributed by atoms with Crippen LogP contribution >= 0.6 is 11.8 Å². The van der Waals surface area contributed by atoms with E-state index < -0.39 is 23.9 Å². The average Bonchev–Trinajstić information content (AvgIpc) is 3.11. The highest BCUT2D eigenvalue weighted by Crippen LogP contribution is 2.33. The van der Waals surface area contributed by atoms with Gasteiger partial charge in [-0.05, 0) is 12.8 Å². The Kier molecular flexibility index (Phi) is 6.44. The third-order valence-corrected chi connectivity index (χ3v) is 5.52. The number of carbonyl (C=O) groups excluding carboxylic acids is 3. The Bertz CT molecular complexity index is 529. The van der Waals surface area contributed by atoms with Crippen molar-refractivity contribution in [3.63, 3.8) is 0 Å². The van der Waals surface area contributed by atoms with Crippen LogP contribution in [0.3, 0.4) is 0 Å². The fourth-order valence-electron chi connectivity index (χ4n) is 2.80. The van der Waals surface area contributed by atoms with E-state index in [2.05, 4.69) is 10.6 Å². The van der Waals surface area contributed by atoms with E-state index in [4.69, 9.17) is 10.2 Å². The molecule has 3 fully saturated rings. The molecule has 3 aliphatic heterocycles. The third kappa shape index (κ3) is 5.10. The molecule has 5 N–H and O–H groups in total. The number of aliphatic carboxylic acids is 1. The van der Waals surface area contributed by atoms with Crippen LogP contribution in [0.25, 0.3) is 0 Å². The van der Waals surface area contributed by atoms with Crippen LogP contribution < -0.4 is 16.0 Å². The number of carbonyl (C=O) groups is 4. The first kappa shape index (κ1) is 18.5. The average molecular weight is 359 g/mol. The molecule has 0 radical (unpaired) electrons. The predicted octanol–water partition coefficient (Wildman–Crippen LogP) is -0.809. The minimum atomic E-state index is -1.11. The summed E-state index contributed by atoms with van der Waals surface area (Å²) < 4.78 is 0. The number of urea groups is 1. The van der Waals surface area contributed by atoms with Gasteiger partial charge in [0, 0.05) is 17.4 Å². The fourth-order valence-corrected chi connectivity index (χ4v) is 4.35. The van der Waals surface area contributed by atoms with E-state index in [0.717, 1.165) is 25.0 Å². The van der Waals surface area contributed by atoms with E-state index in [1.165, 1.54) is 0 Å². The Morgan fingerprint density at radius 3 is 2.50 bits per heavy atom. The first-order valence-electron chi connectivity index (χ1n) is 7.79. The van der Waals surface area contributed by atoms with Crippen molar-refractivity contribution in [1.82, 2.24) is 16.0 Å². The van der Waals surface area contributed by atoms with Gasteiger partial charge in [-0.25, -0.2) is 4.79 Å². The van der Waals surface area contributed by atoms with Gasteiger partial charge >= 0.3 is 12.0 Å². The predicted molar refractivity (Wildman–Crippen MR) is 85.4 cm³/mol. The Hall–Kier alpha value is -1.81. The molecule has 4 atom stereocenters. The van der Waals surface area contributed by atoms with Gasteiger partial charge < -0.3 is 20.8 Å². The number of hydrogen-bond donors (Lipinski definition) is 5. The smallest absolute Gasteiger partial charge is 0.315 e. The molecule has 134 valence electrons. The van der Waals surface area contributed by atoms with Crippen LogP contribution in [0.5, 0.6) is 0 Å². The molecule has 3 aliphatic rings. The highest BCUT2D eigenvalue weighted by Gasteiger charge is 2.42. The van der Waals surface area contributed by atoms with Crippen LogP contribution in [-0.2, 0) is 14.4 Å². The summed E-state index contributed by atoms with van der Waals surface area (Å²) in [6.07, 6.45) is 1.69. The fraction of sp³-hybridized carbons (Fsp3) is 0.714. The third-order valence-electron chi connectivity index (χ3n) is 4.01. The highest BCUT2D eigenvalue weighted by atomic mass is 32.2. The van der Waals surface area contributed by atoms with Gasteiger partial charge in [0.1, 0.15) is 6.10 Å². The second-order valence-electron chi connectivity index (χ2n) is 5.89. The molecule has 0 unspecified atom stereocenters. The largest absolute Gasteiger partial charge is 0.481 e. The molecular weight excluding hydrogens is 338 g/mol. The quantitative estimate of drug-likeness (QED) is 0.245. The summed E-state index contributed by atoms with van der Waals surface area (Å²) in [6, 6.07) is 0.440. The standard InChI is InChI=1S/C10H16N2O3S.C4H5NO3/c13-8(14)4-2-1-3-7-9-6(5-16-7)11-10(15)12-9;6-2-1-3(7)5-4(2)8/h6-7,9H,1-5H2,(H,13,14)(H2,11,12,15);2,6H,1H2,(H,5,7,8)/t6-,7-,9-;2-/m00/s1. The topological polar surface area (TPSA) is 145 Å². The lowest BCUT2D eigenvalue weighted by Crippen LogP contribution is -2.36. The molecule has 0 aromatic carbocycles. The first-order chi connectivity index (χ1) is 11.4. The van der Waals surface area contributed by atoms with Gasteiger partial charge in [-0.15, -0.1) is 0 Å². The summed E-state index contributed by atoms with van der Waals surface area (Å²) in [7, 11) is 0. The summed E-state index contributed by atoms with van der Waals surface area (Å²) in [5.41, 5.74) is 0. The van der Waals surface area contributed by atoms with Crippen molar-refractivity contribution in [2.24, 2.45) is 0 Å². The number of thioether (sulfide) groups is 1. The van der Waals surface area contributed by atoms with Crippen molar-refractivity contribution in [3.8, 4) is 0 Å². The molecule has 0 spiro atoms. The van der Waals surface area contributed by atoms with Gasteiger partial charge in [0.05, 0.1) is 18.5 Å². The summed E-state index contributed by atoms with van der Waals surface area (Å²) in [6.45, 7) is 0. The molecule has 4 amide bonds. The monoisotopic (exact) mass is 359 g/mol. The van der Waals surface area contributed by atoms with E-state index >= 15 is 0 Å². The number of carboxylic acids is 1. The number of hydrogen-bond acceptors (Lipinski definition) is 6. The van der Waals surface area contributed by atoms with E-state index in [9.17, 15) is 19.2 Å². The maximum absolute atomic E-state index is 11.1. The maximum atomic E-state index is 11.1. The molecular formula is C14H21N3O6S. The minimum Gasteiger partial charge on any atom is -0.481 e. The molecule has 0 saturated carbocycles. The van der Waals surface area contributed by atoms with E-state index in [0.29, 0.717) is 5.25 Å². The zero-order chi connectivity index (χ0) is 17.7. The number of aliphatic hydroxyl groups is 1. The van der Waals surface area contributed by atoms with Gasteiger partial charge in [-0.2, -0.15) is 11.8 Å². The van der Waals surface area contributed by atoms with Crippen molar-refractivity contribution >= 4 is 35.6 Å². The molecule has 3 rings (SSSR count). The lowest BCUT2D eigenvalue weighted by molar-refractivity contribution is -0.137. The summed E-state index contributed by atoms with van der Waals surface area (Å²) in [5, 5.41) is 25.3. The molecule has 10 heteroatoms. The van der Waals surface area contributed by atoms with E-state index in [1.54, 1.807) is 0 Å². The van der Waals surface area contributed by atoms with Gasteiger partial charge in [-0.1, -0.05) is 6.42 Å². The van der Waals surface area contributed by atoms with Crippen LogP contribution in [0.2, 0.25) is 0 Å². The SMILES string of the molecule is O=C(O)CCCC[C@@H]1SC[C@@H]2NC(=O)N[C@@H]21.O=C1C[C@H](O)C(=O)N1. The number of fused-ring (bicyclic) bond motifs is 1. The zero-order valence-electron chi connectivity index (χ0n) is 13.0. The number of rotatable bonds is 5. The van der Waals surface area contributed by atoms with Gasteiger partial charge in [-0.3, -0.25) is 19.7 Å². The Balaban J connectivity index is 0.000000219. The summed E-state index contributed by atoms with van der Waals surface area (Å²) in [4.78, 5) is 41.8. The summed E-state index contributed by atoms with van der Waals surface area (Å²) in [5.74, 6) is -0.752. The van der Waals surface area contributed by atoms with Crippen molar-refractivity contribution < 1.29 is 29.4 Å². The van der Waals surface area contributed by atoms with Crippen LogP contribution in [0.15, 0.2) is 0 Å². The highest BCUT2D eigenvalue weighted by molar-refractivity contribution is 8.00. The summed E-state index contributed by atoms with van der Waals surface area (Å²) >= 11 is 1.87. The molecule has 0 aromatic heterocycles. The molecule has 3 heterocycles. The Morgan fingerprint density at radius 1 is 1.21 bits per heavy atom. The number of amides is 4. The normalized spacial score (nSPS) is 30.8. The second kappa shape index (κ2) is 8.34. The zero-order valence-corrected chi connectivity index (χ0v) is 13.8. The van der Waals surface area contributed by atoms with E-state index in [-0.39, 0.29) is 31.0 Å². The lowest BCUT2D eigenvalue weighted by atomic mass is 10.0. The minimum absolute atomic E-state index is 0.0640. The van der Waals surface area contributed by atoms with Gasteiger partial charge in [0.2, 0.25) is 5.91 Å². The number of unbranched alkanes of at least 4 members (excludes halogenated alkanes) is 1. The van der Waals surface area contributed by atoms with Crippen LogP contribution in [0.1, 0.15) is 32.1 Å². The van der Waals surface area contributed by atoms with E-state index in [1.807, 2.05) is 17.1 Å². The number of imide groups is 1. The lowest BCUT2D eigenvalue weighted by Gasteiger charge is -2.16. The molecule has 3 saturated heterocycles. The van der Waals surface area contributed by atoms with Crippen molar-refractivity contribution in [3.05, 3.63) is 0 Å². The Labute approximate surface area is 142 Å². The molecule has 0 aromatic rings. The van der Waals surface area contributed by atoms with Crippen molar-refractivity contribution in [2.45, 2.75) is 55.5 Å². The van der Waals surface area contributed by atoms with Crippen LogP contribution in [0.4, 0.5) is 4.79 Å². The first-order valence-corrected chi connectivity index (χ1v) is 8.84. The molecule has 0 bridgehead atoms. The molecule has 24 heavy (non-hydrogen) atoms. The van der Waals surface area contributed by atoms with Crippen LogP contribution in [-0.4, -0.2) is 63.2 Å². The number of aliphatic hydroxyl groups excluding tert-OH is 1.